The largest absolute Gasteiger partial charge is 0.444 e. The van der Waals surface area contributed by atoms with Gasteiger partial charge in [0.15, 0.2) is 0 Å². The molecule has 0 aromatic rings. The van der Waals surface area contributed by atoms with Crippen LogP contribution in [0.25, 0.3) is 0 Å². The number of alkyl carbamates (subject to hydrolysis) is 1. The van der Waals surface area contributed by atoms with E-state index in [0.717, 1.165) is 0 Å². The van der Waals surface area contributed by atoms with Crippen LogP contribution in [0.1, 0.15) is 27.2 Å². The minimum absolute atomic E-state index is 0.00953. The highest BCUT2D eigenvalue weighted by molar-refractivity contribution is 5.77. The van der Waals surface area contributed by atoms with E-state index in [4.69, 9.17) is 14.3 Å². The second-order valence-corrected chi connectivity index (χ2v) is 7.32. The molecule has 0 saturated carbocycles. The molecule has 3 rings (SSSR count). The highest BCUT2D eigenvalue weighted by atomic mass is 16.7. The summed E-state index contributed by atoms with van der Waals surface area (Å²) in [6.07, 6.45) is 1.94. The third-order valence-electron chi connectivity index (χ3n) is 4.28. The van der Waals surface area contributed by atoms with Gasteiger partial charge in [-0.3, -0.25) is 4.84 Å². The van der Waals surface area contributed by atoms with Gasteiger partial charge in [-0.05, 0) is 27.2 Å². The van der Waals surface area contributed by atoms with Crippen molar-refractivity contribution in [3.05, 3.63) is 12.7 Å². The number of ether oxygens (including phenoxy) is 2. The number of nitrogens with one attached hydrogen (secondary N) is 1. The molecule has 3 amide bonds. The van der Waals surface area contributed by atoms with Gasteiger partial charge in [0.1, 0.15) is 17.7 Å². The molecular weight excluding hydrogens is 314 g/mol. The Morgan fingerprint density at radius 1 is 1.50 bits per heavy atom. The molecule has 3 heterocycles. The van der Waals surface area contributed by atoms with Crippen LogP contribution in [0.2, 0.25) is 0 Å². The maximum atomic E-state index is 12.6. The summed E-state index contributed by atoms with van der Waals surface area (Å²) in [5.74, 6) is 0. The van der Waals surface area contributed by atoms with E-state index < -0.39 is 11.7 Å². The van der Waals surface area contributed by atoms with Crippen LogP contribution in [0.4, 0.5) is 9.59 Å². The lowest BCUT2D eigenvalue weighted by Crippen LogP contribution is -2.48. The molecular formula is C16H25N3O5. The van der Waals surface area contributed by atoms with Crippen LogP contribution in [-0.4, -0.2) is 71.7 Å². The first-order valence-corrected chi connectivity index (χ1v) is 8.26. The minimum atomic E-state index is -0.553. The van der Waals surface area contributed by atoms with E-state index in [2.05, 4.69) is 11.9 Å². The molecule has 3 fully saturated rings. The van der Waals surface area contributed by atoms with Gasteiger partial charge in [0.2, 0.25) is 0 Å². The van der Waals surface area contributed by atoms with E-state index in [1.807, 2.05) is 20.8 Å². The summed E-state index contributed by atoms with van der Waals surface area (Å²) >= 11 is 0. The van der Waals surface area contributed by atoms with E-state index in [1.54, 1.807) is 11.0 Å². The zero-order valence-corrected chi connectivity index (χ0v) is 14.4. The predicted octanol–water partition coefficient (Wildman–Crippen LogP) is 1.27. The van der Waals surface area contributed by atoms with Crippen LogP contribution < -0.4 is 5.32 Å². The molecule has 4 atom stereocenters. The maximum Gasteiger partial charge on any atom is 0.407 e. The lowest BCUT2D eigenvalue weighted by Gasteiger charge is -2.28. The molecule has 24 heavy (non-hydrogen) atoms. The number of urea groups is 1. The van der Waals surface area contributed by atoms with Gasteiger partial charge in [-0.2, -0.15) is 5.06 Å². The quantitative estimate of drug-likeness (QED) is 0.602. The van der Waals surface area contributed by atoms with E-state index >= 15 is 0 Å². The molecule has 2 bridgehead atoms. The molecule has 0 aromatic carbocycles. The van der Waals surface area contributed by atoms with Crippen LogP contribution in [0.15, 0.2) is 12.7 Å². The molecule has 8 heteroatoms. The van der Waals surface area contributed by atoms with Crippen molar-refractivity contribution in [1.29, 1.82) is 0 Å². The summed E-state index contributed by atoms with van der Waals surface area (Å²) in [7, 11) is 0. The van der Waals surface area contributed by atoms with E-state index in [-0.39, 0.29) is 36.9 Å². The van der Waals surface area contributed by atoms with Gasteiger partial charge >= 0.3 is 12.1 Å². The van der Waals surface area contributed by atoms with E-state index in [9.17, 15) is 9.59 Å². The summed E-state index contributed by atoms with van der Waals surface area (Å²) < 4.78 is 10.9. The first-order valence-electron chi connectivity index (χ1n) is 8.26. The third-order valence-corrected chi connectivity index (χ3v) is 4.28. The first-order chi connectivity index (χ1) is 11.3. The van der Waals surface area contributed by atoms with Crippen molar-refractivity contribution < 1.29 is 23.9 Å². The number of carbonyl (C=O) groups is 2. The van der Waals surface area contributed by atoms with Gasteiger partial charge in [-0.15, -0.1) is 6.58 Å². The number of carbonyl (C=O) groups excluding carboxylic acids is 2. The Bertz CT molecular complexity index is 532. The standard InChI is InChI=1S/C16H25N3O5/c1-5-6-22-19-11-9-18(15(19)21)10(7-12-13(11)23-12)8-17-14(20)24-16(2,3)4/h5,10-13H,1,6-9H2,2-4H3,(H,17,20)/t10-,11-,12?,13?/m0/s1. The number of nitrogens with zero attached hydrogens (tertiary/aromatic N) is 2. The van der Waals surface area contributed by atoms with Crippen molar-refractivity contribution >= 4 is 12.1 Å². The Kier molecular flexibility index (Phi) is 4.44. The maximum absolute atomic E-state index is 12.6. The zero-order chi connectivity index (χ0) is 17.5. The summed E-state index contributed by atoms with van der Waals surface area (Å²) in [4.78, 5) is 31.7. The van der Waals surface area contributed by atoms with Gasteiger partial charge in [0, 0.05) is 13.1 Å². The molecule has 3 saturated heterocycles. The molecule has 3 aliphatic heterocycles. The van der Waals surface area contributed by atoms with Gasteiger partial charge in [0.25, 0.3) is 0 Å². The Labute approximate surface area is 141 Å². The third kappa shape index (κ3) is 3.49. The number of fused-ring (bicyclic) bond motifs is 4. The molecule has 0 aromatic heterocycles. The van der Waals surface area contributed by atoms with E-state index in [1.165, 1.54) is 5.06 Å². The Hall–Kier alpha value is -1.80. The number of epoxide rings is 1. The number of hydrogen-bond donors (Lipinski definition) is 1. The van der Waals surface area contributed by atoms with Crippen molar-refractivity contribution in [2.45, 2.75) is 57.1 Å². The summed E-state index contributed by atoms with van der Waals surface area (Å²) in [6, 6.07) is -0.428. The summed E-state index contributed by atoms with van der Waals surface area (Å²) in [6.45, 7) is 10.2. The van der Waals surface area contributed by atoms with Gasteiger partial charge < -0.3 is 19.7 Å². The lowest BCUT2D eigenvalue weighted by atomic mass is 10.1. The zero-order valence-electron chi connectivity index (χ0n) is 14.4. The number of hydrogen-bond acceptors (Lipinski definition) is 5. The summed E-state index contributed by atoms with van der Waals surface area (Å²) in [5.41, 5.74) is -0.553. The number of rotatable bonds is 5. The normalized spacial score (nSPS) is 31.4. The average molecular weight is 339 g/mol. The molecule has 0 aliphatic carbocycles. The smallest absolute Gasteiger partial charge is 0.407 e. The van der Waals surface area contributed by atoms with Crippen LogP contribution in [-0.2, 0) is 14.3 Å². The lowest BCUT2D eigenvalue weighted by molar-refractivity contribution is -0.122. The topological polar surface area (TPSA) is 83.6 Å². The second kappa shape index (κ2) is 6.25. The summed E-state index contributed by atoms with van der Waals surface area (Å²) in [5, 5.41) is 4.15. The molecule has 134 valence electrons. The SMILES string of the molecule is C=CCON1C(=O)N2C[C@H]1C1OC1C[C@H]2CNC(=O)OC(C)(C)C. The molecule has 0 radical (unpaired) electrons. The van der Waals surface area contributed by atoms with Crippen LogP contribution >= 0.6 is 0 Å². The monoisotopic (exact) mass is 339 g/mol. The minimum Gasteiger partial charge on any atom is -0.444 e. The van der Waals surface area contributed by atoms with Gasteiger partial charge in [0.05, 0.1) is 18.8 Å². The fourth-order valence-electron chi connectivity index (χ4n) is 3.24. The van der Waals surface area contributed by atoms with Crippen molar-refractivity contribution in [1.82, 2.24) is 15.3 Å². The van der Waals surface area contributed by atoms with Crippen molar-refractivity contribution in [3.63, 3.8) is 0 Å². The fourth-order valence-corrected chi connectivity index (χ4v) is 3.24. The number of amides is 3. The fraction of sp³-hybridized carbons (Fsp3) is 0.750. The molecule has 1 N–H and O–H groups in total. The van der Waals surface area contributed by atoms with Crippen LogP contribution in [0.3, 0.4) is 0 Å². The highest BCUT2D eigenvalue weighted by Gasteiger charge is 2.58. The van der Waals surface area contributed by atoms with Gasteiger partial charge in [-0.1, -0.05) is 6.08 Å². The second-order valence-electron chi connectivity index (χ2n) is 7.32. The Balaban J connectivity index is 1.62. The van der Waals surface area contributed by atoms with Crippen molar-refractivity contribution in [2.24, 2.45) is 0 Å². The van der Waals surface area contributed by atoms with Crippen molar-refractivity contribution in [2.75, 3.05) is 19.7 Å². The predicted molar refractivity (Wildman–Crippen MR) is 85.2 cm³/mol. The molecule has 8 nitrogen and oxygen atoms in total. The van der Waals surface area contributed by atoms with Crippen LogP contribution in [0.5, 0.6) is 0 Å². The van der Waals surface area contributed by atoms with Crippen LogP contribution in [0, 0.1) is 0 Å². The first kappa shape index (κ1) is 17.0. The highest BCUT2D eigenvalue weighted by Crippen LogP contribution is 2.40. The Morgan fingerprint density at radius 2 is 2.25 bits per heavy atom. The molecule has 3 aliphatic rings. The average Bonchev–Trinajstić information content (AvgIpc) is 3.17. The van der Waals surface area contributed by atoms with E-state index in [0.29, 0.717) is 19.5 Å². The number of hydroxylamine groups is 2. The van der Waals surface area contributed by atoms with Gasteiger partial charge in [-0.25, -0.2) is 9.59 Å². The van der Waals surface area contributed by atoms with Crippen molar-refractivity contribution in [3.8, 4) is 0 Å². The molecule has 2 unspecified atom stereocenters. The Morgan fingerprint density at radius 3 is 2.92 bits per heavy atom. The molecule has 0 spiro atoms.